The van der Waals surface area contributed by atoms with Crippen LogP contribution in [0.15, 0.2) is 53.7 Å². The number of amides is 1. The van der Waals surface area contributed by atoms with Gasteiger partial charge in [0.2, 0.25) is 11.8 Å². The molecule has 3 aliphatic rings. The SMILES string of the molecule is C=C(C)[C@H]1Cc2c(ccc3c2O[C@@H]2COc4cc(CO)c(OC)cc4[C@@H]2C3=NOCC(=O)NCCOCCOCCOCCOCCOCCOCCOCCOCCC(=O)On2c(O)ccc2O)O1. The van der Waals surface area contributed by atoms with Gasteiger partial charge in [-0.15, -0.1) is 4.73 Å². The lowest BCUT2D eigenvalue weighted by molar-refractivity contribution is -0.146. The van der Waals surface area contributed by atoms with Crippen molar-refractivity contribution in [1.29, 1.82) is 0 Å². The highest BCUT2D eigenvalue weighted by atomic mass is 16.7. The van der Waals surface area contributed by atoms with Gasteiger partial charge in [0.05, 0.1) is 132 Å². The number of aliphatic hydroxyl groups excluding tert-OH is 1. The summed E-state index contributed by atoms with van der Waals surface area (Å²) in [5, 5.41) is 36.2. The normalized spacial score (nSPS) is 17.1. The Morgan fingerprint density at radius 3 is 1.90 bits per heavy atom. The number of fused-ring (bicyclic) bond motifs is 6. The van der Waals surface area contributed by atoms with Crippen LogP contribution in [0.25, 0.3) is 0 Å². The van der Waals surface area contributed by atoms with Gasteiger partial charge in [0.15, 0.2) is 6.61 Å². The minimum atomic E-state index is -0.671. The first-order valence-corrected chi connectivity index (χ1v) is 23.2. The van der Waals surface area contributed by atoms with Gasteiger partial charge in [0, 0.05) is 47.4 Å². The zero-order valence-corrected chi connectivity index (χ0v) is 39.7. The first-order chi connectivity index (χ1) is 34.2. The Morgan fingerprint density at radius 1 is 0.771 bits per heavy atom. The number of hydrogen-bond donors (Lipinski definition) is 4. The van der Waals surface area contributed by atoms with Crippen molar-refractivity contribution in [2.75, 3.05) is 133 Å². The molecule has 0 saturated heterocycles. The number of carbonyl (C=O) groups excluding carboxylic acids is 2. The standard InChI is InChI=1S/C48H65N3O19/c1-32(2)38-28-36-37(68-38)5-4-34-47(46-35-27-39(57-3)33(29-52)26-40(35)66-30-41(46)69-48(34)36)50-67-31-42(53)49-9-11-59-13-15-61-17-19-63-21-23-65-25-24-64-22-20-62-18-16-60-14-12-58-10-8-45(56)70-51-43(54)6-7-44(51)55/h4-7,26-27,38,41,46,52,54-55H,1,8-25,28-31H2,2-3H3,(H,49,53)/t38-,41-,46+/m1/s1. The molecule has 386 valence electrons. The molecule has 22 nitrogen and oxygen atoms in total. The van der Waals surface area contributed by atoms with Gasteiger partial charge in [-0.25, -0.2) is 4.79 Å². The molecule has 0 spiro atoms. The maximum absolute atomic E-state index is 12.7. The number of hydrogen-bond acceptors (Lipinski definition) is 20. The quantitative estimate of drug-likeness (QED) is 0.0380. The highest BCUT2D eigenvalue weighted by molar-refractivity contribution is 6.09. The second-order valence-electron chi connectivity index (χ2n) is 15.9. The Kier molecular flexibility index (Phi) is 22.1. The zero-order valence-electron chi connectivity index (χ0n) is 39.7. The van der Waals surface area contributed by atoms with E-state index >= 15 is 0 Å². The van der Waals surface area contributed by atoms with E-state index in [0.717, 1.165) is 28.0 Å². The lowest BCUT2D eigenvalue weighted by atomic mass is 9.80. The van der Waals surface area contributed by atoms with Crippen LogP contribution in [0.2, 0.25) is 0 Å². The predicted molar refractivity (Wildman–Crippen MR) is 247 cm³/mol. The molecule has 0 aliphatic carbocycles. The number of benzene rings is 2. The average molecular weight is 988 g/mol. The monoisotopic (exact) mass is 987 g/mol. The van der Waals surface area contributed by atoms with Crippen molar-refractivity contribution in [3.8, 4) is 34.8 Å². The fraction of sp³-hybridized carbons (Fsp3) is 0.562. The number of nitrogens with one attached hydrogen (secondary N) is 1. The van der Waals surface area contributed by atoms with Crippen molar-refractivity contribution < 1.29 is 91.4 Å². The van der Waals surface area contributed by atoms with E-state index in [9.17, 15) is 24.9 Å². The van der Waals surface area contributed by atoms with Gasteiger partial charge in [0.1, 0.15) is 47.5 Å². The second-order valence-corrected chi connectivity index (χ2v) is 15.9. The molecule has 4 N–H and O–H groups in total. The average Bonchev–Trinajstić information content (AvgIpc) is 3.95. The van der Waals surface area contributed by atoms with Crippen molar-refractivity contribution in [3.63, 3.8) is 0 Å². The van der Waals surface area contributed by atoms with Gasteiger partial charge in [-0.3, -0.25) is 4.79 Å². The molecule has 1 aromatic heterocycles. The third kappa shape index (κ3) is 15.9. The third-order valence-electron chi connectivity index (χ3n) is 10.9. The Bertz CT molecular complexity index is 2150. The zero-order chi connectivity index (χ0) is 49.5. The summed E-state index contributed by atoms with van der Waals surface area (Å²) in [6.07, 6.45) is -0.0996. The Morgan fingerprint density at radius 2 is 1.34 bits per heavy atom. The Balaban J connectivity index is 0.738. The molecule has 0 unspecified atom stereocenters. The summed E-state index contributed by atoms with van der Waals surface area (Å²) in [5.41, 5.74) is 4.47. The number of methoxy groups -OCH3 is 1. The van der Waals surface area contributed by atoms with Crippen LogP contribution in [0.5, 0.6) is 34.8 Å². The first kappa shape index (κ1) is 53.7. The molecule has 4 heterocycles. The molecule has 70 heavy (non-hydrogen) atoms. The third-order valence-corrected chi connectivity index (χ3v) is 10.9. The largest absolute Gasteiger partial charge is 0.496 e. The van der Waals surface area contributed by atoms with Crippen LogP contribution in [-0.4, -0.2) is 182 Å². The number of carbonyl (C=O) groups is 2. The molecule has 0 bridgehead atoms. The minimum absolute atomic E-state index is 0.0620. The van der Waals surface area contributed by atoms with E-state index in [4.69, 9.17) is 66.5 Å². The summed E-state index contributed by atoms with van der Waals surface area (Å²) in [7, 11) is 1.54. The van der Waals surface area contributed by atoms with Gasteiger partial charge >= 0.3 is 5.97 Å². The molecule has 2 aromatic carbocycles. The molecule has 3 aliphatic heterocycles. The molecule has 3 aromatic rings. The second kappa shape index (κ2) is 28.8. The smallest absolute Gasteiger partial charge is 0.335 e. The number of nitrogens with zero attached hydrogens (tertiary/aromatic N) is 2. The van der Waals surface area contributed by atoms with Crippen molar-refractivity contribution in [2.45, 2.75) is 44.5 Å². The van der Waals surface area contributed by atoms with E-state index in [1.165, 1.54) is 12.1 Å². The van der Waals surface area contributed by atoms with Crippen molar-refractivity contribution >= 4 is 17.6 Å². The number of ether oxygens (including phenoxy) is 12. The summed E-state index contributed by atoms with van der Waals surface area (Å²) < 4.78 is 68.9. The van der Waals surface area contributed by atoms with Crippen molar-refractivity contribution in [3.05, 3.63) is 70.8 Å². The molecular formula is C48H65N3O19. The lowest BCUT2D eigenvalue weighted by Gasteiger charge is -2.39. The molecule has 0 fully saturated rings. The number of aromatic hydroxyl groups is 2. The molecule has 6 rings (SSSR count). The molecule has 0 saturated carbocycles. The van der Waals surface area contributed by atoms with Crippen molar-refractivity contribution in [1.82, 2.24) is 10.0 Å². The van der Waals surface area contributed by atoms with Gasteiger partial charge in [0.25, 0.3) is 5.91 Å². The fourth-order valence-electron chi connectivity index (χ4n) is 7.44. The van der Waals surface area contributed by atoms with Gasteiger partial charge in [-0.1, -0.05) is 11.7 Å². The topological polar surface area (TPSA) is 253 Å². The minimum Gasteiger partial charge on any atom is -0.496 e. The summed E-state index contributed by atoms with van der Waals surface area (Å²) in [6.45, 7) is 11.8. The Labute approximate surface area is 406 Å². The van der Waals surface area contributed by atoms with Gasteiger partial charge < -0.3 is 87.2 Å². The lowest BCUT2D eigenvalue weighted by Crippen LogP contribution is -2.43. The number of aromatic nitrogens is 1. The van der Waals surface area contributed by atoms with Crippen LogP contribution in [0.1, 0.15) is 41.5 Å². The van der Waals surface area contributed by atoms with Crippen LogP contribution in [-0.2, 0) is 65.3 Å². The molecule has 1 amide bonds. The van der Waals surface area contributed by atoms with Crippen LogP contribution in [0, 0.1) is 0 Å². The number of aliphatic hydroxyl groups is 1. The summed E-state index contributed by atoms with van der Waals surface area (Å²) in [4.78, 5) is 35.0. The van der Waals surface area contributed by atoms with E-state index in [1.807, 2.05) is 25.1 Å². The maximum atomic E-state index is 12.7. The van der Waals surface area contributed by atoms with E-state index in [0.29, 0.717) is 126 Å². The van der Waals surface area contributed by atoms with Crippen LogP contribution >= 0.6 is 0 Å². The Hall–Kier alpha value is -5.69. The maximum Gasteiger partial charge on any atom is 0.335 e. The first-order valence-electron chi connectivity index (χ1n) is 23.2. The summed E-state index contributed by atoms with van der Waals surface area (Å²) in [6, 6.07) is 9.76. The summed E-state index contributed by atoms with van der Waals surface area (Å²) in [5.74, 6) is 0.217. The van der Waals surface area contributed by atoms with Crippen LogP contribution < -0.4 is 29.1 Å². The highest BCUT2D eigenvalue weighted by Gasteiger charge is 2.45. The molecular weight excluding hydrogens is 923 g/mol. The predicted octanol–water partition coefficient (Wildman–Crippen LogP) is 2.23. The van der Waals surface area contributed by atoms with E-state index in [-0.39, 0.29) is 76.4 Å². The van der Waals surface area contributed by atoms with Crippen LogP contribution in [0.3, 0.4) is 0 Å². The van der Waals surface area contributed by atoms with E-state index in [1.54, 1.807) is 13.2 Å². The molecule has 3 atom stereocenters. The summed E-state index contributed by atoms with van der Waals surface area (Å²) >= 11 is 0. The highest BCUT2D eigenvalue weighted by Crippen LogP contribution is 2.49. The number of rotatable bonds is 34. The number of oxime groups is 1. The molecule has 0 radical (unpaired) electrons. The van der Waals surface area contributed by atoms with E-state index in [2.05, 4.69) is 17.1 Å². The van der Waals surface area contributed by atoms with Crippen molar-refractivity contribution in [2.24, 2.45) is 5.16 Å². The molecule has 22 heteroatoms. The fourth-order valence-corrected chi connectivity index (χ4v) is 7.44. The van der Waals surface area contributed by atoms with Gasteiger partial charge in [-0.2, -0.15) is 0 Å². The van der Waals surface area contributed by atoms with Gasteiger partial charge in [-0.05, 0) is 36.8 Å². The van der Waals surface area contributed by atoms with E-state index < -0.39 is 18.0 Å². The van der Waals surface area contributed by atoms with Crippen LogP contribution in [0.4, 0.5) is 0 Å².